The Morgan fingerprint density at radius 2 is 1.84 bits per heavy atom. The SMILES string of the molecule is O=C(Nc1cccc(-c2ccc3nnc(-c4cccnc4)n3n2)c1)c1cc(Br)ccc1Cl. The number of hydrogen-bond donors (Lipinski definition) is 1. The summed E-state index contributed by atoms with van der Waals surface area (Å²) in [7, 11) is 0. The largest absolute Gasteiger partial charge is 0.322 e. The fourth-order valence-electron chi connectivity index (χ4n) is 3.24. The molecule has 3 aromatic heterocycles. The Bertz CT molecular complexity index is 1450. The highest BCUT2D eigenvalue weighted by Gasteiger charge is 2.13. The van der Waals surface area contributed by atoms with Crippen molar-refractivity contribution in [3.63, 3.8) is 0 Å². The third-order valence-electron chi connectivity index (χ3n) is 4.77. The second kappa shape index (κ2) is 8.49. The Kier molecular flexibility index (Phi) is 5.38. The highest BCUT2D eigenvalue weighted by atomic mass is 79.9. The molecule has 1 amide bonds. The monoisotopic (exact) mass is 504 g/mol. The first-order chi connectivity index (χ1) is 15.6. The van der Waals surface area contributed by atoms with Crippen LogP contribution in [0.15, 0.2) is 83.6 Å². The van der Waals surface area contributed by atoms with Crippen molar-refractivity contribution >= 4 is 44.8 Å². The summed E-state index contributed by atoms with van der Waals surface area (Å²) in [6, 6.07) is 20.0. The minimum absolute atomic E-state index is 0.297. The van der Waals surface area contributed by atoms with Crippen LogP contribution in [0.5, 0.6) is 0 Å². The number of anilines is 1. The summed E-state index contributed by atoms with van der Waals surface area (Å²) < 4.78 is 2.45. The lowest BCUT2D eigenvalue weighted by molar-refractivity contribution is 0.102. The lowest BCUT2D eigenvalue weighted by Crippen LogP contribution is -2.12. The molecule has 9 heteroatoms. The van der Waals surface area contributed by atoms with E-state index in [0.717, 1.165) is 15.6 Å². The van der Waals surface area contributed by atoms with Crippen LogP contribution < -0.4 is 5.32 Å². The lowest BCUT2D eigenvalue weighted by atomic mass is 10.1. The van der Waals surface area contributed by atoms with E-state index in [1.807, 2.05) is 48.5 Å². The zero-order valence-corrected chi connectivity index (χ0v) is 18.7. The fraction of sp³-hybridized carbons (Fsp3) is 0. The molecule has 0 saturated carbocycles. The average molecular weight is 506 g/mol. The Labute approximate surface area is 196 Å². The first-order valence-corrected chi connectivity index (χ1v) is 10.8. The summed E-state index contributed by atoms with van der Waals surface area (Å²) in [6.07, 6.45) is 3.42. The molecule has 3 heterocycles. The number of nitrogens with zero attached hydrogens (tertiary/aromatic N) is 5. The van der Waals surface area contributed by atoms with E-state index >= 15 is 0 Å². The van der Waals surface area contributed by atoms with Gasteiger partial charge in [-0.3, -0.25) is 9.78 Å². The van der Waals surface area contributed by atoms with E-state index < -0.39 is 0 Å². The normalized spacial score (nSPS) is 10.9. The summed E-state index contributed by atoms with van der Waals surface area (Å²) in [5, 5.41) is 16.4. The average Bonchev–Trinajstić information content (AvgIpc) is 3.24. The van der Waals surface area contributed by atoms with Gasteiger partial charge in [-0.15, -0.1) is 10.2 Å². The maximum Gasteiger partial charge on any atom is 0.257 e. The number of aromatic nitrogens is 5. The van der Waals surface area contributed by atoms with E-state index in [4.69, 9.17) is 16.7 Å². The van der Waals surface area contributed by atoms with Gasteiger partial charge in [0.15, 0.2) is 11.5 Å². The van der Waals surface area contributed by atoms with Crippen molar-refractivity contribution in [2.75, 3.05) is 5.32 Å². The number of hydrogen-bond acceptors (Lipinski definition) is 5. The highest BCUT2D eigenvalue weighted by Crippen LogP contribution is 2.25. The van der Waals surface area contributed by atoms with Crippen LogP contribution >= 0.6 is 27.5 Å². The van der Waals surface area contributed by atoms with Crippen LogP contribution in [0.4, 0.5) is 5.69 Å². The van der Waals surface area contributed by atoms with Crippen molar-refractivity contribution in [3.8, 4) is 22.6 Å². The molecule has 0 aliphatic rings. The maximum atomic E-state index is 12.7. The zero-order valence-electron chi connectivity index (χ0n) is 16.4. The zero-order chi connectivity index (χ0) is 22.1. The van der Waals surface area contributed by atoms with Gasteiger partial charge in [-0.1, -0.05) is 39.7 Å². The van der Waals surface area contributed by atoms with Crippen molar-refractivity contribution in [2.45, 2.75) is 0 Å². The molecule has 5 aromatic rings. The van der Waals surface area contributed by atoms with Crippen LogP contribution in [0.1, 0.15) is 10.4 Å². The Morgan fingerprint density at radius 3 is 2.69 bits per heavy atom. The molecule has 5 rings (SSSR count). The van der Waals surface area contributed by atoms with Gasteiger partial charge >= 0.3 is 0 Å². The molecule has 0 bridgehead atoms. The smallest absolute Gasteiger partial charge is 0.257 e. The van der Waals surface area contributed by atoms with Crippen LogP contribution in [0.2, 0.25) is 5.02 Å². The molecule has 32 heavy (non-hydrogen) atoms. The molecule has 0 saturated heterocycles. The maximum absolute atomic E-state index is 12.7. The molecule has 0 unspecified atom stereocenters. The number of carbonyl (C=O) groups excluding carboxylic acids is 1. The van der Waals surface area contributed by atoms with Crippen LogP contribution in [-0.4, -0.2) is 30.7 Å². The van der Waals surface area contributed by atoms with Crippen LogP contribution in [0.3, 0.4) is 0 Å². The van der Waals surface area contributed by atoms with Crippen molar-refractivity contribution in [1.82, 2.24) is 24.8 Å². The minimum Gasteiger partial charge on any atom is -0.322 e. The number of benzene rings is 2. The van der Waals surface area contributed by atoms with Gasteiger partial charge in [0, 0.05) is 33.7 Å². The van der Waals surface area contributed by atoms with Gasteiger partial charge in [-0.05, 0) is 54.6 Å². The number of pyridine rings is 1. The Balaban J connectivity index is 1.48. The minimum atomic E-state index is -0.297. The molecular weight excluding hydrogens is 492 g/mol. The molecule has 0 atom stereocenters. The van der Waals surface area contributed by atoms with Gasteiger partial charge in [0.25, 0.3) is 5.91 Å². The molecule has 0 spiro atoms. The fourth-order valence-corrected chi connectivity index (χ4v) is 3.81. The van der Waals surface area contributed by atoms with Gasteiger partial charge in [0.05, 0.1) is 16.3 Å². The van der Waals surface area contributed by atoms with Crippen LogP contribution in [0.25, 0.3) is 28.3 Å². The summed E-state index contributed by atoms with van der Waals surface area (Å²) >= 11 is 9.55. The molecule has 7 nitrogen and oxygen atoms in total. The third kappa shape index (κ3) is 3.98. The number of rotatable bonds is 4. The number of halogens is 2. The number of fused-ring (bicyclic) bond motifs is 1. The summed E-state index contributed by atoms with van der Waals surface area (Å²) in [5.41, 5.74) is 3.99. The van der Waals surface area contributed by atoms with E-state index in [9.17, 15) is 4.79 Å². The van der Waals surface area contributed by atoms with Crippen molar-refractivity contribution < 1.29 is 4.79 Å². The molecule has 2 aromatic carbocycles. The van der Waals surface area contributed by atoms with Gasteiger partial charge in [0.1, 0.15) is 0 Å². The summed E-state index contributed by atoms with van der Waals surface area (Å²) in [6.45, 7) is 0. The highest BCUT2D eigenvalue weighted by molar-refractivity contribution is 9.10. The van der Waals surface area contributed by atoms with E-state index in [0.29, 0.717) is 33.4 Å². The number of amides is 1. The van der Waals surface area contributed by atoms with E-state index in [1.165, 1.54) is 0 Å². The molecule has 1 N–H and O–H groups in total. The van der Waals surface area contributed by atoms with Gasteiger partial charge in [-0.25, -0.2) is 0 Å². The quantitative estimate of drug-likeness (QED) is 0.347. The van der Waals surface area contributed by atoms with Gasteiger partial charge < -0.3 is 5.32 Å². The van der Waals surface area contributed by atoms with Crippen LogP contribution in [0, 0.1) is 0 Å². The molecule has 0 radical (unpaired) electrons. The molecule has 156 valence electrons. The standard InChI is InChI=1S/C23H14BrClN6O/c24-16-6-7-19(25)18(12-16)23(32)27-17-5-1-3-14(11-17)20-8-9-21-28-29-22(31(21)30-20)15-4-2-10-26-13-15/h1-13H,(H,27,32). The van der Waals surface area contributed by atoms with Gasteiger partial charge in [-0.2, -0.15) is 9.61 Å². The molecule has 0 fully saturated rings. The van der Waals surface area contributed by atoms with E-state index in [-0.39, 0.29) is 5.91 Å². The predicted octanol–water partition coefficient (Wildman–Crippen LogP) is 5.52. The summed E-state index contributed by atoms with van der Waals surface area (Å²) in [5.74, 6) is 0.304. The van der Waals surface area contributed by atoms with Gasteiger partial charge in [0.2, 0.25) is 0 Å². The predicted molar refractivity (Wildman–Crippen MR) is 127 cm³/mol. The van der Waals surface area contributed by atoms with Crippen molar-refractivity contribution in [1.29, 1.82) is 0 Å². The van der Waals surface area contributed by atoms with Crippen molar-refractivity contribution in [3.05, 3.63) is 94.2 Å². The number of nitrogens with one attached hydrogen (secondary N) is 1. The van der Waals surface area contributed by atoms with E-state index in [2.05, 4.69) is 36.4 Å². The second-order valence-electron chi connectivity index (χ2n) is 6.91. The molecular formula is C23H14BrClN6O. The molecule has 0 aliphatic carbocycles. The topological polar surface area (TPSA) is 85.1 Å². The second-order valence-corrected chi connectivity index (χ2v) is 8.24. The first kappa shape index (κ1) is 20.3. The van der Waals surface area contributed by atoms with E-state index in [1.54, 1.807) is 35.1 Å². The first-order valence-electron chi connectivity index (χ1n) is 9.58. The number of carbonyl (C=O) groups is 1. The molecule has 0 aliphatic heterocycles. The summed E-state index contributed by atoms with van der Waals surface area (Å²) in [4.78, 5) is 16.9. The Morgan fingerprint density at radius 1 is 0.969 bits per heavy atom. The van der Waals surface area contributed by atoms with Crippen molar-refractivity contribution in [2.24, 2.45) is 0 Å². The third-order valence-corrected chi connectivity index (χ3v) is 5.59. The van der Waals surface area contributed by atoms with Crippen LogP contribution in [-0.2, 0) is 0 Å². The Hall–Kier alpha value is -3.62. The lowest BCUT2D eigenvalue weighted by Gasteiger charge is -2.09.